The molecule has 1 aromatic heterocycles. The summed E-state index contributed by atoms with van der Waals surface area (Å²) >= 11 is 0. The summed E-state index contributed by atoms with van der Waals surface area (Å²) in [6.07, 6.45) is 0. The summed E-state index contributed by atoms with van der Waals surface area (Å²) in [4.78, 5) is 13.9. The van der Waals surface area contributed by atoms with Crippen LogP contribution in [0.1, 0.15) is 12.6 Å². The maximum atomic E-state index is 5.68. The van der Waals surface area contributed by atoms with Crippen LogP contribution in [0.25, 0.3) is 0 Å². The lowest BCUT2D eigenvalue weighted by molar-refractivity contribution is 0.311. The lowest BCUT2D eigenvalue weighted by Crippen LogP contribution is -2.45. The van der Waals surface area contributed by atoms with Gasteiger partial charge in [-0.15, -0.1) is 0 Å². The lowest BCUT2D eigenvalue weighted by Gasteiger charge is -2.32. The van der Waals surface area contributed by atoms with Crippen molar-refractivity contribution < 1.29 is 4.74 Å². The van der Waals surface area contributed by atoms with Crippen LogP contribution in [0, 0.1) is 6.92 Å². The molecule has 2 heterocycles. The fourth-order valence-corrected chi connectivity index (χ4v) is 2.75. The van der Waals surface area contributed by atoms with E-state index in [-0.39, 0.29) is 0 Å². The van der Waals surface area contributed by atoms with Crippen molar-refractivity contribution >= 4 is 17.5 Å². The highest BCUT2D eigenvalue weighted by molar-refractivity contribution is 5.64. The number of rotatable bonds is 5. The van der Waals surface area contributed by atoms with Gasteiger partial charge in [0.2, 0.25) is 5.95 Å². The predicted molar refractivity (Wildman–Crippen MR) is 97.4 cm³/mol. The molecule has 1 aliphatic heterocycles. The van der Waals surface area contributed by atoms with Gasteiger partial charge >= 0.3 is 0 Å². The molecule has 2 aromatic rings. The number of aryl methyl sites for hydroxylation is 1. The maximum absolute atomic E-state index is 5.68. The quantitative estimate of drug-likeness (QED) is 0.911. The van der Waals surface area contributed by atoms with Crippen LogP contribution >= 0.6 is 0 Å². The molecule has 0 bridgehead atoms. The maximum Gasteiger partial charge on any atom is 0.227 e. The first-order chi connectivity index (χ1) is 11.7. The van der Waals surface area contributed by atoms with E-state index in [1.54, 1.807) is 0 Å². The molecule has 128 valence electrons. The Hall–Kier alpha value is -2.34. The molecule has 0 atom stereocenters. The van der Waals surface area contributed by atoms with Crippen LogP contribution in [-0.2, 0) is 0 Å². The van der Waals surface area contributed by atoms with Gasteiger partial charge in [0.05, 0.1) is 12.3 Å². The Morgan fingerprint density at radius 2 is 1.88 bits per heavy atom. The number of para-hydroxylation sites is 2. The molecule has 6 nitrogen and oxygen atoms in total. The number of piperazine rings is 1. The average molecular weight is 327 g/mol. The number of aromatic nitrogens is 2. The van der Waals surface area contributed by atoms with Crippen molar-refractivity contribution in [3.8, 4) is 5.75 Å². The minimum Gasteiger partial charge on any atom is -0.492 e. The van der Waals surface area contributed by atoms with E-state index < -0.39 is 0 Å². The zero-order chi connectivity index (χ0) is 16.9. The Morgan fingerprint density at radius 1 is 1.12 bits per heavy atom. The van der Waals surface area contributed by atoms with Crippen LogP contribution in [0.3, 0.4) is 0 Å². The summed E-state index contributed by atoms with van der Waals surface area (Å²) in [5.74, 6) is 2.42. The van der Waals surface area contributed by atoms with Gasteiger partial charge in [-0.2, -0.15) is 4.98 Å². The highest BCUT2D eigenvalue weighted by atomic mass is 16.5. The summed E-state index contributed by atoms with van der Waals surface area (Å²) < 4.78 is 5.68. The number of nitrogens with zero attached hydrogens (tertiary/aromatic N) is 4. The molecule has 6 heteroatoms. The monoisotopic (exact) mass is 327 g/mol. The van der Waals surface area contributed by atoms with E-state index in [1.807, 2.05) is 44.2 Å². The molecule has 1 fully saturated rings. The zero-order valence-electron chi connectivity index (χ0n) is 14.6. The van der Waals surface area contributed by atoms with Crippen LogP contribution in [0.5, 0.6) is 5.75 Å². The van der Waals surface area contributed by atoms with Gasteiger partial charge in [0.25, 0.3) is 0 Å². The smallest absolute Gasteiger partial charge is 0.227 e. The summed E-state index contributed by atoms with van der Waals surface area (Å²) in [7, 11) is 2.14. The van der Waals surface area contributed by atoms with Crippen LogP contribution in [0.2, 0.25) is 0 Å². The third-order valence-electron chi connectivity index (χ3n) is 4.08. The van der Waals surface area contributed by atoms with Crippen molar-refractivity contribution in [2.24, 2.45) is 0 Å². The third-order valence-corrected chi connectivity index (χ3v) is 4.08. The van der Waals surface area contributed by atoms with E-state index in [2.05, 4.69) is 27.1 Å². The van der Waals surface area contributed by atoms with Crippen LogP contribution in [0.15, 0.2) is 30.3 Å². The molecule has 1 saturated heterocycles. The second-order valence-electron chi connectivity index (χ2n) is 6.04. The first-order valence-electron chi connectivity index (χ1n) is 8.43. The van der Waals surface area contributed by atoms with Gasteiger partial charge in [-0.3, -0.25) is 0 Å². The Kier molecular flexibility index (Phi) is 5.15. The van der Waals surface area contributed by atoms with E-state index in [0.29, 0.717) is 6.61 Å². The minimum absolute atomic E-state index is 0.633. The molecule has 1 N–H and O–H groups in total. The highest BCUT2D eigenvalue weighted by Crippen LogP contribution is 2.27. The molecule has 3 rings (SSSR count). The zero-order valence-corrected chi connectivity index (χ0v) is 14.6. The second-order valence-corrected chi connectivity index (χ2v) is 6.04. The average Bonchev–Trinajstić information content (AvgIpc) is 2.57. The summed E-state index contributed by atoms with van der Waals surface area (Å²) in [6.45, 7) is 8.59. The molecule has 1 aliphatic rings. The van der Waals surface area contributed by atoms with Gasteiger partial charge in [0, 0.05) is 37.9 Å². The number of nitrogens with one attached hydrogen (secondary N) is 1. The number of hydrogen-bond donors (Lipinski definition) is 1. The molecule has 0 spiro atoms. The van der Waals surface area contributed by atoms with Crippen LogP contribution in [-0.4, -0.2) is 54.7 Å². The molecular weight excluding hydrogens is 302 g/mol. The van der Waals surface area contributed by atoms with E-state index in [9.17, 15) is 0 Å². The standard InChI is InChI=1S/C18H25N5O/c1-4-24-16-8-6-5-7-15(16)20-17-13-14(2)19-18(21-17)23-11-9-22(3)10-12-23/h5-8,13H,4,9-12H2,1-3H3,(H,19,20,21). The third kappa shape index (κ3) is 3.94. The summed E-state index contributed by atoms with van der Waals surface area (Å²) in [5, 5.41) is 3.37. The fourth-order valence-electron chi connectivity index (χ4n) is 2.75. The van der Waals surface area contributed by atoms with Crippen molar-refractivity contribution in [3.63, 3.8) is 0 Å². The Bertz CT molecular complexity index is 683. The van der Waals surface area contributed by atoms with Gasteiger partial charge in [0.15, 0.2) is 0 Å². The summed E-state index contributed by atoms with van der Waals surface area (Å²) in [5.41, 5.74) is 1.87. The SMILES string of the molecule is CCOc1ccccc1Nc1cc(C)nc(N2CCN(C)CC2)n1. The summed E-state index contributed by atoms with van der Waals surface area (Å²) in [6, 6.07) is 9.87. The van der Waals surface area contributed by atoms with Crippen molar-refractivity contribution in [1.82, 2.24) is 14.9 Å². The Labute approximate surface area is 143 Å². The number of likely N-dealkylation sites (N-methyl/N-ethyl adjacent to an activating group) is 1. The number of anilines is 3. The first kappa shape index (κ1) is 16.5. The largest absolute Gasteiger partial charge is 0.492 e. The molecular formula is C18H25N5O. The number of benzene rings is 1. The van der Waals surface area contributed by atoms with Crippen molar-refractivity contribution in [1.29, 1.82) is 0 Å². The van der Waals surface area contributed by atoms with Gasteiger partial charge < -0.3 is 19.9 Å². The van der Waals surface area contributed by atoms with Crippen LogP contribution < -0.4 is 15.0 Å². The number of ether oxygens (including phenoxy) is 1. The normalized spacial score (nSPS) is 15.4. The topological polar surface area (TPSA) is 53.5 Å². The Balaban J connectivity index is 1.82. The van der Waals surface area contributed by atoms with Gasteiger partial charge in [-0.25, -0.2) is 4.98 Å². The van der Waals surface area contributed by atoms with E-state index in [4.69, 9.17) is 9.72 Å². The van der Waals surface area contributed by atoms with Crippen molar-refractivity contribution in [3.05, 3.63) is 36.0 Å². The van der Waals surface area contributed by atoms with Gasteiger partial charge in [0.1, 0.15) is 11.6 Å². The van der Waals surface area contributed by atoms with E-state index in [0.717, 1.165) is 55.1 Å². The van der Waals surface area contributed by atoms with E-state index in [1.165, 1.54) is 0 Å². The highest BCUT2D eigenvalue weighted by Gasteiger charge is 2.17. The fraction of sp³-hybridized carbons (Fsp3) is 0.444. The molecule has 1 aromatic carbocycles. The molecule has 0 saturated carbocycles. The van der Waals surface area contributed by atoms with E-state index >= 15 is 0 Å². The van der Waals surface area contributed by atoms with Gasteiger partial charge in [-0.05, 0) is 33.0 Å². The molecule has 24 heavy (non-hydrogen) atoms. The number of hydrogen-bond acceptors (Lipinski definition) is 6. The van der Waals surface area contributed by atoms with Crippen molar-refractivity contribution in [2.75, 3.05) is 50.1 Å². The van der Waals surface area contributed by atoms with Gasteiger partial charge in [-0.1, -0.05) is 12.1 Å². The molecule has 0 unspecified atom stereocenters. The lowest BCUT2D eigenvalue weighted by atomic mass is 10.3. The predicted octanol–water partition coefficient (Wildman–Crippen LogP) is 2.68. The van der Waals surface area contributed by atoms with Crippen molar-refractivity contribution in [2.45, 2.75) is 13.8 Å². The molecule has 0 aliphatic carbocycles. The molecule has 0 amide bonds. The Morgan fingerprint density at radius 3 is 2.62 bits per heavy atom. The second kappa shape index (κ2) is 7.49. The first-order valence-corrected chi connectivity index (χ1v) is 8.43. The van der Waals surface area contributed by atoms with Crippen LogP contribution in [0.4, 0.5) is 17.5 Å². The minimum atomic E-state index is 0.633. The molecule has 0 radical (unpaired) electrons.